The van der Waals surface area contributed by atoms with E-state index in [2.05, 4.69) is 5.32 Å². The predicted molar refractivity (Wildman–Crippen MR) is 131 cm³/mol. The molecule has 6 heteroatoms. The molecule has 1 N–H and O–H groups in total. The number of nitrogens with one attached hydrogen (secondary N) is 1. The van der Waals surface area contributed by atoms with Gasteiger partial charge in [0, 0.05) is 11.7 Å². The van der Waals surface area contributed by atoms with Crippen LogP contribution in [-0.4, -0.2) is 17.9 Å². The molecule has 0 aliphatic heterocycles. The van der Waals surface area contributed by atoms with E-state index < -0.39 is 6.04 Å². The summed E-state index contributed by atoms with van der Waals surface area (Å²) in [5, 5.41) is 7.08. The zero-order valence-corrected chi connectivity index (χ0v) is 19.6. The Hall–Kier alpha value is -2.99. The average molecular weight is 465 g/mol. The van der Waals surface area contributed by atoms with Crippen LogP contribution in [0.25, 0.3) is 0 Å². The Bertz CT molecular complexity index is 1080. The largest absolute Gasteiger partial charge is 0.351 e. The molecule has 4 nitrogen and oxygen atoms in total. The van der Waals surface area contributed by atoms with Crippen molar-refractivity contribution in [2.75, 3.05) is 4.90 Å². The molecule has 0 radical (unpaired) electrons. The lowest BCUT2D eigenvalue weighted by molar-refractivity contribution is -0.127. The van der Waals surface area contributed by atoms with Crippen molar-refractivity contribution < 1.29 is 14.0 Å². The SMILES string of the molecule is Cc1ccccc1N(C(=O)Cc1ccsc1)[C@H](C(=O)NC1CCCCC1)c1ccc(F)cc1. The van der Waals surface area contributed by atoms with Gasteiger partial charge in [0.25, 0.3) is 0 Å². The summed E-state index contributed by atoms with van der Waals surface area (Å²) in [7, 11) is 0. The van der Waals surface area contributed by atoms with Crippen LogP contribution in [0, 0.1) is 12.7 Å². The molecule has 2 aromatic carbocycles. The van der Waals surface area contributed by atoms with Gasteiger partial charge in [-0.3, -0.25) is 14.5 Å². The molecule has 1 aromatic heterocycles. The second-order valence-corrected chi connectivity index (χ2v) is 9.44. The average Bonchev–Trinajstić information content (AvgIpc) is 3.32. The molecule has 3 aromatic rings. The van der Waals surface area contributed by atoms with Gasteiger partial charge in [0.2, 0.25) is 11.8 Å². The number of carbonyl (C=O) groups is 2. The molecule has 0 spiro atoms. The Labute approximate surface area is 198 Å². The minimum Gasteiger partial charge on any atom is -0.351 e. The lowest BCUT2D eigenvalue weighted by Crippen LogP contribution is -2.48. The number of carbonyl (C=O) groups excluding carboxylic acids is 2. The zero-order valence-electron chi connectivity index (χ0n) is 18.8. The molecular formula is C27H29FN2O2S. The van der Waals surface area contributed by atoms with E-state index in [1.54, 1.807) is 17.0 Å². The standard InChI is InChI=1S/C27H29FN2O2S/c1-19-7-5-6-10-24(19)30(25(31)17-20-15-16-33-18-20)26(21-11-13-22(28)14-12-21)27(32)29-23-8-3-2-4-9-23/h5-7,10-16,18,23,26H,2-4,8-9,17H2,1H3,(H,29,32)/t26-/m0/s1. The predicted octanol–water partition coefficient (Wildman–Crippen LogP) is 5.96. The third kappa shape index (κ3) is 5.69. The summed E-state index contributed by atoms with van der Waals surface area (Å²) in [5.41, 5.74) is 3.08. The van der Waals surface area contributed by atoms with Gasteiger partial charge in [0.1, 0.15) is 11.9 Å². The molecule has 1 aliphatic carbocycles. The van der Waals surface area contributed by atoms with E-state index in [4.69, 9.17) is 0 Å². The lowest BCUT2D eigenvalue weighted by atomic mass is 9.94. The van der Waals surface area contributed by atoms with Gasteiger partial charge in [-0.25, -0.2) is 4.39 Å². The Balaban J connectivity index is 1.75. The maximum Gasteiger partial charge on any atom is 0.248 e. The third-order valence-corrected chi connectivity index (χ3v) is 6.96. The van der Waals surface area contributed by atoms with Crippen LogP contribution in [0.15, 0.2) is 65.4 Å². The van der Waals surface area contributed by atoms with Crippen LogP contribution in [0.4, 0.5) is 10.1 Å². The maximum atomic E-state index is 13.7. The van der Waals surface area contributed by atoms with Gasteiger partial charge in [-0.15, -0.1) is 0 Å². The second-order valence-electron chi connectivity index (χ2n) is 8.66. The van der Waals surface area contributed by atoms with Crippen molar-refractivity contribution in [3.8, 4) is 0 Å². The number of rotatable bonds is 7. The van der Waals surface area contributed by atoms with Gasteiger partial charge in [-0.1, -0.05) is 49.6 Å². The number of anilines is 1. The highest BCUT2D eigenvalue weighted by Crippen LogP contribution is 2.32. The van der Waals surface area contributed by atoms with Gasteiger partial charge in [-0.2, -0.15) is 11.3 Å². The fourth-order valence-electron chi connectivity index (χ4n) is 4.49. The molecule has 2 amide bonds. The molecular weight excluding hydrogens is 435 g/mol. The summed E-state index contributed by atoms with van der Waals surface area (Å²) >= 11 is 1.54. The van der Waals surface area contributed by atoms with Crippen LogP contribution in [0.1, 0.15) is 54.8 Å². The normalized spacial score (nSPS) is 15.1. The van der Waals surface area contributed by atoms with Crippen molar-refractivity contribution >= 4 is 28.8 Å². The van der Waals surface area contributed by atoms with E-state index in [0.717, 1.165) is 36.8 Å². The lowest BCUT2D eigenvalue weighted by Gasteiger charge is -2.34. The van der Waals surface area contributed by atoms with E-state index >= 15 is 0 Å². The Morgan fingerprint density at radius 2 is 1.79 bits per heavy atom. The smallest absolute Gasteiger partial charge is 0.248 e. The monoisotopic (exact) mass is 464 g/mol. The van der Waals surface area contributed by atoms with Gasteiger partial charge >= 0.3 is 0 Å². The van der Waals surface area contributed by atoms with Crippen molar-refractivity contribution in [1.82, 2.24) is 5.32 Å². The quantitative estimate of drug-likeness (QED) is 0.469. The van der Waals surface area contributed by atoms with Crippen LogP contribution in [0.5, 0.6) is 0 Å². The Morgan fingerprint density at radius 3 is 2.45 bits per heavy atom. The summed E-state index contributed by atoms with van der Waals surface area (Å²) in [6.07, 6.45) is 5.42. The molecule has 0 unspecified atom stereocenters. The van der Waals surface area contributed by atoms with Crippen molar-refractivity contribution in [2.45, 2.75) is 57.5 Å². The minimum absolute atomic E-state index is 0.0971. The van der Waals surface area contributed by atoms with Crippen LogP contribution >= 0.6 is 11.3 Å². The number of para-hydroxylation sites is 1. The number of halogens is 1. The first-order valence-electron chi connectivity index (χ1n) is 11.5. The van der Waals surface area contributed by atoms with E-state index in [1.165, 1.54) is 29.9 Å². The van der Waals surface area contributed by atoms with Gasteiger partial charge in [0.05, 0.1) is 6.42 Å². The molecule has 1 atom stereocenters. The van der Waals surface area contributed by atoms with Crippen LogP contribution in [0.2, 0.25) is 0 Å². The first kappa shape index (κ1) is 23.2. The summed E-state index contributed by atoms with van der Waals surface area (Å²) in [5.74, 6) is -0.775. The van der Waals surface area contributed by atoms with E-state index in [-0.39, 0.29) is 30.1 Å². The number of hydrogen-bond donors (Lipinski definition) is 1. The summed E-state index contributed by atoms with van der Waals surface area (Å²) < 4.78 is 13.7. The van der Waals surface area contributed by atoms with Gasteiger partial charge < -0.3 is 5.32 Å². The summed E-state index contributed by atoms with van der Waals surface area (Å²) in [6, 6.07) is 14.6. The van der Waals surface area contributed by atoms with Crippen molar-refractivity contribution in [3.63, 3.8) is 0 Å². The van der Waals surface area contributed by atoms with Gasteiger partial charge in [-0.05, 0) is 71.5 Å². The fourth-order valence-corrected chi connectivity index (χ4v) is 5.16. The molecule has 1 aliphatic rings. The van der Waals surface area contributed by atoms with Crippen LogP contribution in [0.3, 0.4) is 0 Å². The van der Waals surface area contributed by atoms with Gasteiger partial charge in [0.15, 0.2) is 0 Å². The number of benzene rings is 2. The molecule has 172 valence electrons. The first-order valence-corrected chi connectivity index (χ1v) is 12.4. The summed E-state index contributed by atoms with van der Waals surface area (Å²) in [6.45, 7) is 1.93. The first-order chi connectivity index (χ1) is 16.0. The zero-order chi connectivity index (χ0) is 23.2. The Kier molecular flexibility index (Phi) is 7.55. The molecule has 0 bridgehead atoms. The van der Waals surface area contributed by atoms with Crippen LogP contribution < -0.4 is 10.2 Å². The number of hydrogen-bond acceptors (Lipinski definition) is 3. The fraction of sp³-hybridized carbons (Fsp3) is 0.333. The highest BCUT2D eigenvalue weighted by atomic mass is 32.1. The Morgan fingerprint density at radius 1 is 1.06 bits per heavy atom. The highest BCUT2D eigenvalue weighted by Gasteiger charge is 2.34. The topological polar surface area (TPSA) is 49.4 Å². The van der Waals surface area contributed by atoms with Crippen molar-refractivity contribution in [2.24, 2.45) is 0 Å². The summed E-state index contributed by atoms with van der Waals surface area (Å²) in [4.78, 5) is 29.0. The number of aryl methyl sites for hydroxylation is 1. The second kappa shape index (κ2) is 10.8. The maximum absolute atomic E-state index is 13.7. The molecule has 4 rings (SSSR count). The minimum atomic E-state index is -0.889. The van der Waals surface area contributed by atoms with E-state index in [1.807, 2.05) is 48.0 Å². The van der Waals surface area contributed by atoms with Crippen molar-refractivity contribution in [3.05, 3.63) is 87.9 Å². The number of nitrogens with zero attached hydrogens (tertiary/aromatic N) is 1. The van der Waals surface area contributed by atoms with Crippen LogP contribution in [-0.2, 0) is 16.0 Å². The van der Waals surface area contributed by atoms with E-state index in [0.29, 0.717) is 11.3 Å². The number of amides is 2. The number of thiophene rings is 1. The molecule has 1 saturated carbocycles. The molecule has 1 fully saturated rings. The third-order valence-electron chi connectivity index (χ3n) is 6.22. The molecule has 0 saturated heterocycles. The molecule has 1 heterocycles. The highest BCUT2D eigenvalue weighted by molar-refractivity contribution is 7.08. The van der Waals surface area contributed by atoms with E-state index in [9.17, 15) is 14.0 Å². The molecule has 33 heavy (non-hydrogen) atoms. The van der Waals surface area contributed by atoms with Crippen molar-refractivity contribution in [1.29, 1.82) is 0 Å².